The van der Waals surface area contributed by atoms with E-state index in [1.54, 1.807) is 13.2 Å². The minimum absolute atomic E-state index is 0.133. The van der Waals surface area contributed by atoms with E-state index in [1.807, 2.05) is 36.5 Å². The normalized spacial score (nSPS) is 21.8. The maximum Gasteiger partial charge on any atom is 0.188 e. The molecule has 3 N–H and O–H groups in total. The van der Waals surface area contributed by atoms with Crippen LogP contribution in [0.25, 0.3) is 32.2 Å². The number of piperidine rings is 1. The Hall–Kier alpha value is -3.04. The largest absolute Gasteiger partial charge is 0.371 e. The molecule has 4 aromatic rings. The van der Waals surface area contributed by atoms with Gasteiger partial charge in [0.25, 0.3) is 0 Å². The van der Waals surface area contributed by atoms with Gasteiger partial charge in [-0.3, -0.25) is 4.98 Å². The first-order valence-corrected chi connectivity index (χ1v) is 14.0. The highest BCUT2D eigenvalue weighted by molar-refractivity contribution is 7.19. The molecule has 1 aromatic carbocycles. The Balaban J connectivity index is 1.42. The van der Waals surface area contributed by atoms with Gasteiger partial charge >= 0.3 is 0 Å². The van der Waals surface area contributed by atoms with Crippen LogP contribution in [0.15, 0.2) is 54.8 Å². The van der Waals surface area contributed by atoms with Gasteiger partial charge in [-0.05, 0) is 56.3 Å². The Morgan fingerprint density at radius 3 is 2.79 bits per heavy atom. The van der Waals surface area contributed by atoms with Crippen LogP contribution in [0.2, 0.25) is 5.02 Å². The van der Waals surface area contributed by atoms with Gasteiger partial charge < -0.3 is 25.0 Å². The summed E-state index contributed by atoms with van der Waals surface area (Å²) in [6.07, 6.45) is 3.75. The lowest BCUT2D eigenvalue weighted by Gasteiger charge is -2.39. The zero-order chi connectivity index (χ0) is 27.3. The second-order valence-corrected chi connectivity index (χ2v) is 11.9. The summed E-state index contributed by atoms with van der Waals surface area (Å²) in [7, 11) is 1.55. The fourth-order valence-corrected chi connectivity index (χ4v) is 7.04. The lowest BCUT2D eigenvalue weighted by Crippen LogP contribution is -2.52. The van der Waals surface area contributed by atoms with Crippen LogP contribution in [0.4, 0.5) is 4.39 Å². The molecule has 6 rings (SSSR count). The molecule has 5 heterocycles. The molecular formula is C28H28ClFN6O2S. The third kappa shape index (κ3) is 4.69. The Morgan fingerprint density at radius 2 is 2.03 bits per heavy atom. The lowest BCUT2D eigenvalue weighted by molar-refractivity contribution is -0.164. The van der Waals surface area contributed by atoms with Crippen molar-refractivity contribution in [2.75, 3.05) is 20.1 Å². The highest BCUT2D eigenvalue weighted by Gasteiger charge is 2.35. The van der Waals surface area contributed by atoms with E-state index in [4.69, 9.17) is 11.6 Å². The average molecular weight is 567 g/mol. The molecule has 3 aromatic heterocycles. The van der Waals surface area contributed by atoms with Crippen LogP contribution in [0.1, 0.15) is 17.7 Å². The van der Waals surface area contributed by atoms with Crippen molar-refractivity contribution in [3.05, 3.63) is 64.7 Å². The molecular weight excluding hydrogens is 539 g/mol. The second-order valence-electron chi connectivity index (χ2n) is 10.3. The summed E-state index contributed by atoms with van der Waals surface area (Å²) >= 11 is 8.07. The number of aliphatic hydroxyl groups excluding tert-OH is 2. The van der Waals surface area contributed by atoms with E-state index in [0.717, 1.165) is 69.3 Å². The topological polar surface area (TPSA) is 101 Å². The summed E-state index contributed by atoms with van der Waals surface area (Å²) < 4.78 is 17.3. The highest BCUT2D eigenvalue weighted by atomic mass is 35.5. The quantitative estimate of drug-likeness (QED) is 0.324. The Labute approximate surface area is 234 Å². The number of halogens is 2. The Bertz CT molecular complexity index is 1620. The van der Waals surface area contributed by atoms with Crippen LogP contribution < -0.4 is 5.32 Å². The van der Waals surface area contributed by atoms with E-state index in [0.29, 0.717) is 11.6 Å². The second kappa shape index (κ2) is 10.2. The van der Waals surface area contributed by atoms with Gasteiger partial charge in [0.15, 0.2) is 18.4 Å². The van der Waals surface area contributed by atoms with E-state index >= 15 is 0 Å². The Morgan fingerprint density at radius 1 is 1.23 bits per heavy atom. The number of hydrogen-bond acceptors (Lipinski definition) is 8. The minimum Gasteiger partial charge on any atom is -0.371 e. The molecule has 2 atom stereocenters. The van der Waals surface area contributed by atoms with Gasteiger partial charge in [-0.15, -0.1) is 11.3 Å². The lowest BCUT2D eigenvalue weighted by atomic mass is 9.80. The van der Waals surface area contributed by atoms with Crippen molar-refractivity contribution in [3.63, 3.8) is 0 Å². The zero-order valence-electron chi connectivity index (χ0n) is 21.3. The molecule has 39 heavy (non-hydrogen) atoms. The molecule has 202 valence electrons. The maximum absolute atomic E-state index is 14.2. The first kappa shape index (κ1) is 26.2. The number of rotatable bonds is 5. The van der Waals surface area contributed by atoms with Crippen molar-refractivity contribution in [1.29, 1.82) is 5.26 Å². The van der Waals surface area contributed by atoms with Gasteiger partial charge in [0.1, 0.15) is 0 Å². The third-order valence-electron chi connectivity index (χ3n) is 7.74. The molecule has 0 aliphatic carbocycles. The monoisotopic (exact) mass is 566 g/mol. The van der Waals surface area contributed by atoms with Crippen LogP contribution in [0.3, 0.4) is 0 Å². The predicted octanol–water partition coefficient (Wildman–Crippen LogP) is 4.62. The van der Waals surface area contributed by atoms with E-state index in [-0.39, 0.29) is 6.54 Å². The zero-order valence-corrected chi connectivity index (χ0v) is 22.9. The van der Waals surface area contributed by atoms with Crippen molar-refractivity contribution in [2.45, 2.75) is 38.5 Å². The summed E-state index contributed by atoms with van der Waals surface area (Å²) in [6, 6.07) is 12.4. The smallest absolute Gasteiger partial charge is 0.188 e. The molecule has 0 bridgehead atoms. The van der Waals surface area contributed by atoms with Gasteiger partial charge in [0.2, 0.25) is 0 Å². The van der Waals surface area contributed by atoms with Crippen molar-refractivity contribution < 1.29 is 14.6 Å². The number of fused-ring (bicyclic) bond motifs is 2. The molecule has 2 unspecified atom stereocenters. The van der Waals surface area contributed by atoms with E-state index in [9.17, 15) is 19.9 Å². The molecule has 11 heteroatoms. The molecule has 2 aliphatic heterocycles. The van der Waals surface area contributed by atoms with Gasteiger partial charge in [-0.2, -0.15) is 5.26 Å². The van der Waals surface area contributed by atoms with Crippen LogP contribution >= 0.6 is 22.9 Å². The first-order chi connectivity index (χ1) is 18.8. The molecule has 0 spiro atoms. The molecule has 8 nitrogen and oxygen atoms in total. The van der Waals surface area contributed by atoms with Crippen molar-refractivity contribution in [2.24, 2.45) is 5.41 Å². The van der Waals surface area contributed by atoms with E-state index in [1.165, 1.54) is 21.1 Å². The SMILES string of the molecule is CN1C=C(F)C(O)N(Cc2cc3nccc(-c4cc(Cl)cc5ccn(CC6(C#N)CCNCC6)c45)c3s2)C1O. The number of thiophene rings is 1. The molecule has 0 saturated carbocycles. The molecule has 1 saturated heterocycles. The number of aliphatic hydroxyl groups is 2. The standard InChI is InChI=1S/C28H28ClFN6O2S/c1-34-14-22(30)26(37)36(27(34)38)13-19-12-23-25(39-19)20(2-6-33-23)21-11-18(29)10-17-3-9-35(24(17)21)16-28(15-31)4-7-32-8-5-28/h2-3,6,9-12,14,26-27,32,37-38H,4-5,7-8,13,16H2,1H3. The minimum atomic E-state index is -1.54. The van der Waals surface area contributed by atoms with Crippen molar-refractivity contribution >= 4 is 44.1 Å². The number of nitrogens with one attached hydrogen (secondary N) is 1. The number of nitriles is 1. The van der Waals surface area contributed by atoms with Gasteiger partial charge in [0.05, 0.1) is 27.2 Å². The van der Waals surface area contributed by atoms with E-state index < -0.39 is 23.8 Å². The first-order valence-electron chi connectivity index (χ1n) is 12.8. The summed E-state index contributed by atoms with van der Waals surface area (Å²) in [6.45, 7) is 2.37. The third-order valence-corrected chi connectivity index (χ3v) is 9.10. The summed E-state index contributed by atoms with van der Waals surface area (Å²) in [5.74, 6) is -0.728. The number of nitrogens with zero attached hydrogens (tertiary/aromatic N) is 5. The van der Waals surface area contributed by atoms with Crippen LogP contribution in [0.5, 0.6) is 0 Å². The van der Waals surface area contributed by atoms with Gasteiger partial charge in [-0.25, -0.2) is 9.29 Å². The maximum atomic E-state index is 14.2. The highest BCUT2D eigenvalue weighted by Crippen LogP contribution is 2.41. The van der Waals surface area contributed by atoms with Crippen LogP contribution in [0, 0.1) is 16.7 Å². The fourth-order valence-electron chi connectivity index (χ4n) is 5.66. The molecule has 0 amide bonds. The average Bonchev–Trinajstić information content (AvgIpc) is 3.53. The van der Waals surface area contributed by atoms with Gasteiger partial charge in [0, 0.05) is 65.1 Å². The summed E-state index contributed by atoms with van der Waals surface area (Å²) in [5.41, 5.74) is 3.21. The van der Waals surface area contributed by atoms with Crippen molar-refractivity contribution in [1.82, 2.24) is 24.7 Å². The van der Waals surface area contributed by atoms with Crippen molar-refractivity contribution in [3.8, 4) is 17.2 Å². The van der Waals surface area contributed by atoms with Crippen LogP contribution in [-0.2, 0) is 13.1 Å². The number of aromatic nitrogens is 2. The van der Waals surface area contributed by atoms with Crippen LogP contribution in [-0.4, -0.2) is 62.3 Å². The number of hydrogen-bond donors (Lipinski definition) is 3. The Kier molecular flexibility index (Phi) is 6.83. The molecule has 1 fully saturated rings. The predicted molar refractivity (Wildman–Crippen MR) is 150 cm³/mol. The van der Waals surface area contributed by atoms with E-state index in [2.05, 4.69) is 20.9 Å². The number of benzene rings is 1. The fraction of sp³-hybridized carbons (Fsp3) is 0.357. The summed E-state index contributed by atoms with van der Waals surface area (Å²) in [4.78, 5) is 7.97. The van der Waals surface area contributed by atoms with Gasteiger partial charge in [-0.1, -0.05) is 11.6 Å². The summed E-state index contributed by atoms with van der Waals surface area (Å²) in [5, 5.41) is 36.0. The molecule has 2 aliphatic rings. The number of pyridine rings is 1. The molecule has 0 radical (unpaired) electrons.